The van der Waals surface area contributed by atoms with Crippen LogP contribution in [0, 0.1) is 0 Å². The third kappa shape index (κ3) is 3.79. The van der Waals surface area contributed by atoms with Gasteiger partial charge in [-0.2, -0.15) is 11.8 Å². The molecule has 3 heteroatoms. The van der Waals surface area contributed by atoms with Gasteiger partial charge in [0.25, 0.3) is 0 Å². The Labute approximate surface area is 92.0 Å². The van der Waals surface area contributed by atoms with Crippen molar-refractivity contribution in [2.45, 2.75) is 56.4 Å². The second-order valence-electron chi connectivity index (χ2n) is 4.72. The summed E-state index contributed by atoms with van der Waals surface area (Å²) in [4.78, 5) is 0. The Bertz CT molecular complexity index is 167. The van der Waals surface area contributed by atoms with Crippen LogP contribution in [0.2, 0.25) is 0 Å². The highest BCUT2D eigenvalue weighted by Crippen LogP contribution is 2.30. The second-order valence-corrected chi connectivity index (χ2v) is 6.06. The van der Waals surface area contributed by atoms with Crippen molar-refractivity contribution in [3.05, 3.63) is 0 Å². The number of methoxy groups -OCH3 is 1. The smallest absolute Gasteiger partial charge is 0.0623 e. The first kappa shape index (κ1) is 12.3. The molecule has 2 unspecified atom stereocenters. The van der Waals surface area contributed by atoms with E-state index in [1.54, 1.807) is 7.11 Å². The summed E-state index contributed by atoms with van der Waals surface area (Å²) in [6.45, 7) is 4.25. The molecular formula is C11H23NOS. The molecule has 2 atom stereocenters. The minimum atomic E-state index is -0.0130. The molecule has 0 radical (unpaired) electrons. The van der Waals surface area contributed by atoms with Gasteiger partial charge in [-0.1, -0.05) is 0 Å². The van der Waals surface area contributed by atoms with E-state index in [9.17, 15) is 0 Å². The number of hydrogen-bond acceptors (Lipinski definition) is 3. The lowest BCUT2D eigenvalue weighted by Crippen LogP contribution is -2.34. The predicted octanol–water partition coefficient (Wildman–Crippen LogP) is 2.41. The molecule has 0 bridgehead atoms. The number of hydrogen-bond donors (Lipinski definition) is 1. The molecule has 1 fully saturated rings. The lowest BCUT2D eigenvalue weighted by Gasteiger charge is -2.26. The van der Waals surface area contributed by atoms with Gasteiger partial charge in [-0.3, -0.25) is 0 Å². The van der Waals surface area contributed by atoms with E-state index < -0.39 is 0 Å². The molecule has 0 saturated carbocycles. The van der Waals surface area contributed by atoms with Gasteiger partial charge in [0.2, 0.25) is 0 Å². The standard InChI is InChI=1S/C11H23NOS/c1-11(2,13-3)7-6-9(12)10-5-4-8-14-10/h9-10H,4-8,12H2,1-3H3. The molecule has 1 aliphatic heterocycles. The van der Waals surface area contributed by atoms with Crippen LogP contribution in [0.5, 0.6) is 0 Å². The average Bonchev–Trinajstić information content (AvgIpc) is 2.67. The van der Waals surface area contributed by atoms with E-state index in [1.165, 1.54) is 18.6 Å². The summed E-state index contributed by atoms with van der Waals surface area (Å²) in [5.41, 5.74) is 6.15. The zero-order chi connectivity index (χ0) is 10.6. The summed E-state index contributed by atoms with van der Waals surface area (Å²) in [5.74, 6) is 1.30. The van der Waals surface area contributed by atoms with Crippen LogP contribution in [-0.4, -0.2) is 29.8 Å². The lowest BCUT2D eigenvalue weighted by atomic mass is 9.96. The topological polar surface area (TPSA) is 35.2 Å². The van der Waals surface area contributed by atoms with Crippen LogP contribution in [0.1, 0.15) is 39.5 Å². The van der Waals surface area contributed by atoms with Gasteiger partial charge in [0.05, 0.1) is 5.60 Å². The fourth-order valence-corrected chi connectivity index (χ4v) is 3.10. The van der Waals surface area contributed by atoms with Crippen molar-refractivity contribution in [1.82, 2.24) is 0 Å². The quantitative estimate of drug-likeness (QED) is 0.768. The van der Waals surface area contributed by atoms with Gasteiger partial charge in [0.15, 0.2) is 0 Å². The molecule has 0 aliphatic carbocycles. The van der Waals surface area contributed by atoms with E-state index in [2.05, 4.69) is 13.8 Å². The van der Waals surface area contributed by atoms with Crippen LogP contribution in [-0.2, 0) is 4.74 Å². The molecule has 1 saturated heterocycles. The molecule has 1 aliphatic rings. The van der Waals surface area contributed by atoms with Crippen molar-refractivity contribution in [1.29, 1.82) is 0 Å². The first-order chi connectivity index (χ1) is 6.55. The van der Waals surface area contributed by atoms with Gasteiger partial charge in [-0.05, 0) is 45.3 Å². The Kier molecular flexibility index (Phi) is 4.74. The fourth-order valence-electron chi connectivity index (χ4n) is 1.74. The maximum absolute atomic E-state index is 6.16. The van der Waals surface area contributed by atoms with Gasteiger partial charge in [0, 0.05) is 18.4 Å². The summed E-state index contributed by atoms with van der Waals surface area (Å²) in [6, 6.07) is 0.358. The number of ether oxygens (including phenoxy) is 1. The van der Waals surface area contributed by atoms with Gasteiger partial charge in [0.1, 0.15) is 0 Å². The van der Waals surface area contributed by atoms with Gasteiger partial charge >= 0.3 is 0 Å². The van der Waals surface area contributed by atoms with E-state index in [0.29, 0.717) is 11.3 Å². The minimum Gasteiger partial charge on any atom is -0.379 e. The first-order valence-electron chi connectivity index (χ1n) is 5.47. The molecule has 14 heavy (non-hydrogen) atoms. The van der Waals surface area contributed by atoms with E-state index in [1.807, 2.05) is 11.8 Å². The Morgan fingerprint density at radius 1 is 1.57 bits per heavy atom. The Morgan fingerprint density at radius 2 is 2.29 bits per heavy atom. The van der Waals surface area contributed by atoms with Crippen molar-refractivity contribution in [2.75, 3.05) is 12.9 Å². The molecule has 1 rings (SSSR count). The van der Waals surface area contributed by atoms with Crippen LogP contribution in [0.4, 0.5) is 0 Å². The molecule has 2 N–H and O–H groups in total. The van der Waals surface area contributed by atoms with Crippen molar-refractivity contribution < 1.29 is 4.74 Å². The summed E-state index contributed by atoms with van der Waals surface area (Å²) in [5, 5.41) is 0.697. The average molecular weight is 217 g/mol. The van der Waals surface area contributed by atoms with Crippen molar-refractivity contribution in [3.63, 3.8) is 0 Å². The van der Waals surface area contributed by atoms with Crippen LogP contribution in [0.3, 0.4) is 0 Å². The lowest BCUT2D eigenvalue weighted by molar-refractivity contribution is 0.0125. The SMILES string of the molecule is COC(C)(C)CCC(N)C1CCCS1. The molecule has 0 aromatic carbocycles. The third-order valence-corrected chi connectivity index (χ3v) is 4.61. The zero-order valence-corrected chi connectivity index (χ0v) is 10.4. The van der Waals surface area contributed by atoms with Crippen LogP contribution in [0.15, 0.2) is 0 Å². The molecule has 1 heterocycles. The molecule has 84 valence electrons. The maximum Gasteiger partial charge on any atom is 0.0623 e. The predicted molar refractivity (Wildman–Crippen MR) is 63.8 cm³/mol. The molecule has 0 aromatic heterocycles. The summed E-state index contributed by atoms with van der Waals surface area (Å²) >= 11 is 2.04. The van der Waals surface area contributed by atoms with E-state index >= 15 is 0 Å². The van der Waals surface area contributed by atoms with Crippen molar-refractivity contribution in [2.24, 2.45) is 5.73 Å². The van der Waals surface area contributed by atoms with Gasteiger partial charge < -0.3 is 10.5 Å². The van der Waals surface area contributed by atoms with Crippen LogP contribution in [0.25, 0.3) is 0 Å². The largest absolute Gasteiger partial charge is 0.379 e. The highest BCUT2D eigenvalue weighted by molar-refractivity contribution is 8.00. The number of thioether (sulfide) groups is 1. The van der Waals surface area contributed by atoms with Crippen molar-refractivity contribution in [3.8, 4) is 0 Å². The fraction of sp³-hybridized carbons (Fsp3) is 1.00. The molecule has 0 amide bonds. The first-order valence-corrected chi connectivity index (χ1v) is 6.52. The van der Waals surface area contributed by atoms with E-state index in [-0.39, 0.29) is 5.60 Å². The second kappa shape index (κ2) is 5.38. The Balaban J connectivity index is 2.23. The molecule has 0 aromatic rings. The Morgan fingerprint density at radius 3 is 2.79 bits per heavy atom. The highest BCUT2D eigenvalue weighted by Gasteiger charge is 2.25. The number of rotatable bonds is 5. The molecule has 2 nitrogen and oxygen atoms in total. The molecular weight excluding hydrogens is 194 g/mol. The van der Waals surface area contributed by atoms with Crippen molar-refractivity contribution >= 4 is 11.8 Å². The summed E-state index contributed by atoms with van der Waals surface area (Å²) < 4.78 is 5.39. The van der Waals surface area contributed by atoms with Gasteiger partial charge in [-0.15, -0.1) is 0 Å². The number of nitrogens with two attached hydrogens (primary N) is 1. The van der Waals surface area contributed by atoms with Gasteiger partial charge in [-0.25, -0.2) is 0 Å². The zero-order valence-electron chi connectivity index (χ0n) is 9.58. The molecule has 0 spiro atoms. The summed E-state index contributed by atoms with van der Waals surface area (Å²) in [6.07, 6.45) is 4.79. The minimum absolute atomic E-state index is 0.0130. The monoisotopic (exact) mass is 217 g/mol. The maximum atomic E-state index is 6.16. The third-order valence-electron chi connectivity index (χ3n) is 3.07. The van der Waals surface area contributed by atoms with Crippen LogP contribution >= 0.6 is 11.8 Å². The normalized spacial score (nSPS) is 25.3. The summed E-state index contributed by atoms with van der Waals surface area (Å²) in [7, 11) is 1.77. The van der Waals surface area contributed by atoms with E-state index in [4.69, 9.17) is 10.5 Å². The highest BCUT2D eigenvalue weighted by atomic mass is 32.2. The van der Waals surface area contributed by atoms with E-state index in [0.717, 1.165) is 12.8 Å². The van der Waals surface area contributed by atoms with Crippen LogP contribution < -0.4 is 5.73 Å². The Hall–Kier alpha value is 0.270.